The topological polar surface area (TPSA) is 65.0 Å². The molecule has 1 aliphatic heterocycles. The highest BCUT2D eigenvalue weighted by Gasteiger charge is 2.42. The van der Waals surface area contributed by atoms with Crippen LogP contribution in [-0.4, -0.2) is 54.0 Å². The fourth-order valence-corrected chi connectivity index (χ4v) is 10.6. The van der Waals surface area contributed by atoms with Crippen molar-refractivity contribution < 1.29 is 8.42 Å². The lowest BCUT2D eigenvalue weighted by molar-refractivity contribution is 0.111. The minimum absolute atomic E-state index is 0.0612. The molecular weight excluding hydrogens is 512 g/mol. The fourth-order valence-electron chi connectivity index (χ4n) is 7.71. The molecule has 5 aliphatic rings. The predicted molar refractivity (Wildman–Crippen MR) is 160 cm³/mol. The molecule has 1 unspecified atom stereocenters. The lowest BCUT2D eigenvalue weighted by Gasteiger charge is -2.36. The fraction of sp³-hybridized carbons (Fsp3) is 0.967. The first-order valence-electron chi connectivity index (χ1n) is 16.3. The van der Waals surface area contributed by atoms with Crippen molar-refractivity contribution in [3.63, 3.8) is 0 Å². The Morgan fingerprint density at radius 1 is 0.737 bits per heavy atom. The summed E-state index contributed by atoms with van der Waals surface area (Å²) in [6.07, 6.45) is 23.5. The second-order valence-electron chi connectivity index (χ2n) is 13.4. The maximum absolute atomic E-state index is 13.6. The Morgan fingerprint density at radius 3 is 1.84 bits per heavy atom. The highest BCUT2D eigenvalue weighted by atomic mass is 32.2. The Kier molecular flexibility index (Phi) is 10.8. The lowest BCUT2D eigenvalue weighted by atomic mass is 9.88. The molecule has 0 spiro atoms. The summed E-state index contributed by atoms with van der Waals surface area (Å²) in [6, 6.07) is 0. The number of hydrogen-bond donors (Lipinski definition) is 1. The van der Waals surface area contributed by atoms with Gasteiger partial charge in [-0.15, -0.1) is 4.40 Å². The first-order chi connectivity index (χ1) is 18.5. The van der Waals surface area contributed by atoms with E-state index in [0.29, 0.717) is 17.8 Å². The third-order valence-electron chi connectivity index (χ3n) is 10.3. The molecule has 5 rings (SSSR count). The van der Waals surface area contributed by atoms with Crippen molar-refractivity contribution in [1.82, 2.24) is 14.5 Å². The van der Waals surface area contributed by atoms with E-state index < -0.39 is 10.0 Å². The number of hydrogen-bond acceptors (Lipinski definition) is 5. The van der Waals surface area contributed by atoms with E-state index in [1.165, 1.54) is 96.3 Å². The zero-order chi connectivity index (χ0) is 26.4. The molecule has 0 bridgehead atoms. The molecule has 1 N–H and O–H groups in total. The van der Waals surface area contributed by atoms with Gasteiger partial charge >= 0.3 is 0 Å². The van der Waals surface area contributed by atoms with Gasteiger partial charge in [0.15, 0.2) is 5.17 Å². The van der Waals surface area contributed by atoms with E-state index in [-0.39, 0.29) is 11.5 Å². The Bertz CT molecular complexity index is 855. The smallest absolute Gasteiger partial charge is 0.258 e. The molecule has 6 nitrogen and oxygen atoms in total. The summed E-state index contributed by atoms with van der Waals surface area (Å²) >= 11 is 1.65. The van der Waals surface area contributed by atoms with Crippen molar-refractivity contribution >= 4 is 27.1 Å². The SMILES string of the molecule is CC1CCC(S(=O)(=O)N=C2SN(CC3CCCCC3)C(NCC3CCCCC3)N2CC2CCCCC2)CC1. The number of rotatable bonds is 9. The lowest BCUT2D eigenvalue weighted by Crippen LogP contribution is -2.53. The van der Waals surface area contributed by atoms with Crippen molar-refractivity contribution in [2.75, 3.05) is 19.6 Å². The van der Waals surface area contributed by atoms with Crippen molar-refractivity contribution in [3.8, 4) is 0 Å². The van der Waals surface area contributed by atoms with E-state index in [0.717, 1.165) is 56.4 Å². The Hall–Kier alpha value is -0.310. The van der Waals surface area contributed by atoms with E-state index >= 15 is 0 Å². The molecule has 8 heteroatoms. The zero-order valence-electron chi connectivity index (χ0n) is 24.0. The van der Waals surface area contributed by atoms with Gasteiger partial charge in [-0.25, -0.2) is 12.7 Å². The molecule has 4 aliphatic carbocycles. The van der Waals surface area contributed by atoms with Crippen LogP contribution in [0.3, 0.4) is 0 Å². The highest BCUT2D eigenvalue weighted by Crippen LogP contribution is 2.38. The molecule has 5 fully saturated rings. The quantitative estimate of drug-likeness (QED) is 0.300. The highest BCUT2D eigenvalue weighted by molar-refractivity contribution is 8.12. The van der Waals surface area contributed by atoms with Crippen LogP contribution in [0.15, 0.2) is 4.40 Å². The van der Waals surface area contributed by atoms with Crippen LogP contribution in [-0.2, 0) is 10.0 Å². The summed E-state index contributed by atoms with van der Waals surface area (Å²) < 4.78 is 34.4. The summed E-state index contributed by atoms with van der Waals surface area (Å²) in [7, 11) is -3.51. The van der Waals surface area contributed by atoms with E-state index in [9.17, 15) is 8.42 Å². The van der Waals surface area contributed by atoms with E-state index in [1.54, 1.807) is 11.9 Å². The van der Waals surface area contributed by atoms with Crippen LogP contribution in [0.25, 0.3) is 0 Å². The van der Waals surface area contributed by atoms with Crippen molar-refractivity contribution in [2.45, 2.75) is 140 Å². The van der Waals surface area contributed by atoms with E-state index in [1.807, 2.05) is 0 Å². The number of sulfonamides is 1. The second-order valence-corrected chi connectivity index (χ2v) is 16.3. The Morgan fingerprint density at radius 2 is 1.26 bits per heavy atom. The summed E-state index contributed by atoms with van der Waals surface area (Å²) in [6.45, 7) is 5.26. The van der Waals surface area contributed by atoms with Gasteiger partial charge in [-0.05, 0) is 87.9 Å². The predicted octanol–water partition coefficient (Wildman–Crippen LogP) is 7.13. The van der Waals surface area contributed by atoms with Crippen LogP contribution < -0.4 is 5.32 Å². The molecule has 0 aromatic rings. The number of nitrogens with zero attached hydrogens (tertiary/aromatic N) is 3. The molecule has 218 valence electrons. The van der Waals surface area contributed by atoms with Crippen molar-refractivity contribution in [1.29, 1.82) is 0 Å². The Labute approximate surface area is 237 Å². The normalized spacial score (nSPS) is 32.8. The summed E-state index contributed by atoms with van der Waals surface area (Å²) in [4.78, 5) is 2.40. The summed E-state index contributed by atoms with van der Waals surface area (Å²) in [5.41, 5.74) is 0. The van der Waals surface area contributed by atoms with Gasteiger partial charge in [-0.2, -0.15) is 0 Å². The van der Waals surface area contributed by atoms with E-state index in [4.69, 9.17) is 0 Å². The average molecular weight is 567 g/mol. The summed E-state index contributed by atoms with van der Waals surface area (Å²) in [5.74, 6) is 2.73. The van der Waals surface area contributed by atoms with Crippen molar-refractivity contribution in [2.24, 2.45) is 28.1 Å². The minimum atomic E-state index is -3.51. The monoisotopic (exact) mass is 566 g/mol. The Balaban J connectivity index is 1.38. The maximum Gasteiger partial charge on any atom is 0.258 e. The van der Waals surface area contributed by atoms with Crippen LogP contribution in [0.1, 0.15) is 129 Å². The molecule has 0 radical (unpaired) electrons. The van der Waals surface area contributed by atoms with Crippen LogP contribution in [0.5, 0.6) is 0 Å². The zero-order valence-corrected chi connectivity index (χ0v) is 25.6. The average Bonchev–Trinajstić information content (AvgIpc) is 3.23. The van der Waals surface area contributed by atoms with Gasteiger partial charge in [0.25, 0.3) is 10.0 Å². The molecule has 1 atom stereocenters. The van der Waals surface area contributed by atoms with Gasteiger partial charge in [0, 0.05) is 31.6 Å². The molecule has 38 heavy (non-hydrogen) atoms. The first-order valence-corrected chi connectivity index (χ1v) is 18.5. The first kappa shape index (κ1) is 29.2. The maximum atomic E-state index is 13.6. The third kappa shape index (κ3) is 7.91. The standard InChI is InChI=1S/C30H54N4O2S2/c1-24-17-19-28(20-18-24)38(35,36)32-30-33(22-26-13-7-3-8-14-26)29(31-21-25-11-5-2-6-12-25)34(37-30)23-27-15-9-4-10-16-27/h24-29,31H,2-23H2,1H3. The van der Waals surface area contributed by atoms with Crippen LogP contribution in [0.4, 0.5) is 0 Å². The molecule has 0 amide bonds. The van der Waals surface area contributed by atoms with Gasteiger partial charge in [0.1, 0.15) is 6.29 Å². The third-order valence-corrected chi connectivity index (χ3v) is 13.2. The summed E-state index contributed by atoms with van der Waals surface area (Å²) in [5, 5.41) is 4.44. The number of nitrogens with one attached hydrogen (secondary N) is 1. The number of amidine groups is 1. The van der Waals surface area contributed by atoms with Crippen molar-refractivity contribution in [3.05, 3.63) is 0 Å². The molecule has 1 saturated heterocycles. The van der Waals surface area contributed by atoms with Gasteiger partial charge in [0.05, 0.1) is 5.25 Å². The largest absolute Gasteiger partial charge is 0.320 e. The molecule has 0 aromatic carbocycles. The molecule has 4 saturated carbocycles. The van der Waals surface area contributed by atoms with Crippen LogP contribution in [0.2, 0.25) is 0 Å². The van der Waals surface area contributed by atoms with Crippen LogP contribution >= 0.6 is 11.9 Å². The second kappa shape index (κ2) is 14.0. The van der Waals surface area contributed by atoms with Gasteiger partial charge in [-0.3, -0.25) is 5.32 Å². The van der Waals surface area contributed by atoms with Gasteiger partial charge < -0.3 is 4.90 Å². The molecule has 0 aromatic heterocycles. The van der Waals surface area contributed by atoms with Gasteiger partial charge in [-0.1, -0.05) is 64.7 Å². The molecule has 1 heterocycles. The van der Waals surface area contributed by atoms with E-state index in [2.05, 4.69) is 25.8 Å². The van der Waals surface area contributed by atoms with Crippen LogP contribution in [0, 0.1) is 23.7 Å². The van der Waals surface area contributed by atoms with Gasteiger partial charge in [0.2, 0.25) is 0 Å². The minimum Gasteiger partial charge on any atom is -0.320 e. The molecular formula is C30H54N4O2S2.